The molecule has 0 heterocycles. The molecular weight excluding hydrogens is 420 g/mol. The first-order valence-electron chi connectivity index (χ1n) is 8.89. The first kappa shape index (κ1) is 17.0. The molecule has 0 amide bonds. The van der Waals surface area contributed by atoms with Crippen LogP contribution >= 0.6 is 15.9 Å². The lowest BCUT2D eigenvalue weighted by Crippen LogP contribution is -2.30. The highest BCUT2D eigenvalue weighted by Crippen LogP contribution is 2.58. The summed E-state index contributed by atoms with van der Waals surface area (Å²) in [6.07, 6.45) is 0. The summed E-state index contributed by atoms with van der Waals surface area (Å²) >= 11 is 3.70. The summed E-state index contributed by atoms with van der Waals surface area (Å²) in [5, 5.41) is 0. The Bertz CT molecular complexity index is 1160. The van der Waals surface area contributed by atoms with Gasteiger partial charge in [-0.25, -0.2) is 8.42 Å². The minimum Gasteiger partial charge on any atom is -0.219 e. The summed E-state index contributed by atoms with van der Waals surface area (Å²) in [4.78, 5) is 0.830. The quantitative estimate of drug-likeness (QED) is 0.518. The molecule has 0 radical (unpaired) electrons. The fraction of sp³-hybridized carbons (Fsp3) is 0.130. The summed E-state index contributed by atoms with van der Waals surface area (Å²) < 4.78 is 28.0. The second-order valence-electron chi connectivity index (χ2n) is 7.15. The standard InChI is InChI=1S/C23H17BrO2S/c1-14-10-12-15(13-11-14)27(25,26)23-21-18-8-4-2-6-16(18)20(22(23)24)17-7-3-5-9-19(17)21/h2-13,20-21H,1H3. The van der Waals surface area contributed by atoms with Crippen molar-refractivity contribution in [1.29, 1.82) is 0 Å². The van der Waals surface area contributed by atoms with Crippen molar-refractivity contribution in [2.45, 2.75) is 23.7 Å². The van der Waals surface area contributed by atoms with Gasteiger partial charge in [0, 0.05) is 16.3 Å². The first-order valence-corrected chi connectivity index (χ1v) is 11.2. The van der Waals surface area contributed by atoms with Gasteiger partial charge in [-0.3, -0.25) is 0 Å². The lowest BCUT2D eigenvalue weighted by Gasteiger charge is -2.41. The minimum atomic E-state index is -3.61. The predicted molar refractivity (Wildman–Crippen MR) is 111 cm³/mol. The maximum Gasteiger partial charge on any atom is 0.204 e. The molecule has 4 heteroatoms. The number of benzene rings is 3. The molecule has 134 valence electrons. The van der Waals surface area contributed by atoms with Crippen LogP contribution in [0.1, 0.15) is 39.7 Å². The van der Waals surface area contributed by atoms with Gasteiger partial charge in [0.1, 0.15) is 0 Å². The van der Waals surface area contributed by atoms with Crippen LogP contribution < -0.4 is 0 Å². The van der Waals surface area contributed by atoms with Crippen molar-refractivity contribution < 1.29 is 8.42 Å². The monoisotopic (exact) mass is 436 g/mol. The SMILES string of the molecule is Cc1ccc(S(=O)(=O)C2=C(Br)C3c4ccccc4C2c2ccccc23)cc1. The third-order valence-corrected chi connectivity index (χ3v) is 8.68. The van der Waals surface area contributed by atoms with Crippen LogP contribution in [0.2, 0.25) is 0 Å². The minimum absolute atomic E-state index is 0.0716. The highest BCUT2D eigenvalue weighted by atomic mass is 79.9. The van der Waals surface area contributed by atoms with Crippen LogP contribution in [-0.2, 0) is 9.84 Å². The van der Waals surface area contributed by atoms with E-state index in [1.54, 1.807) is 12.1 Å². The molecule has 0 atom stereocenters. The van der Waals surface area contributed by atoms with E-state index in [9.17, 15) is 8.42 Å². The van der Waals surface area contributed by atoms with E-state index in [0.717, 1.165) is 21.2 Å². The number of hydrogen-bond donors (Lipinski definition) is 0. The van der Waals surface area contributed by atoms with Gasteiger partial charge in [-0.2, -0.15) is 0 Å². The largest absolute Gasteiger partial charge is 0.219 e. The predicted octanol–water partition coefficient (Wildman–Crippen LogP) is 5.67. The zero-order valence-electron chi connectivity index (χ0n) is 14.7. The van der Waals surface area contributed by atoms with Gasteiger partial charge in [-0.1, -0.05) is 82.2 Å². The molecule has 27 heavy (non-hydrogen) atoms. The van der Waals surface area contributed by atoms with Crippen molar-refractivity contribution in [3.63, 3.8) is 0 Å². The summed E-state index contributed by atoms with van der Waals surface area (Å²) in [5.41, 5.74) is 5.61. The molecule has 6 rings (SSSR count). The third-order valence-electron chi connectivity index (χ3n) is 5.61. The van der Waals surface area contributed by atoms with Crippen LogP contribution in [0, 0.1) is 6.92 Å². The summed E-state index contributed by atoms with van der Waals surface area (Å²) in [6, 6.07) is 23.5. The van der Waals surface area contributed by atoms with Crippen molar-refractivity contribution in [2.24, 2.45) is 0 Å². The van der Waals surface area contributed by atoms with Gasteiger partial charge in [-0.15, -0.1) is 0 Å². The second-order valence-corrected chi connectivity index (χ2v) is 9.92. The number of hydrogen-bond acceptors (Lipinski definition) is 2. The van der Waals surface area contributed by atoms with E-state index < -0.39 is 9.84 Å². The van der Waals surface area contributed by atoms with Crippen LogP contribution in [0.5, 0.6) is 0 Å². The Balaban J connectivity index is 1.80. The Morgan fingerprint density at radius 1 is 0.704 bits per heavy atom. The topological polar surface area (TPSA) is 34.1 Å². The van der Waals surface area contributed by atoms with E-state index in [0.29, 0.717) is 9.80 Å². The van der Waals surface area contributed by atoms with Crippen LogP contribution in [0.15, 0.2) is 87.1 Å². The average Bonchev–Trinajstić information content (AvgIpc) is 2.68. The molecule has 3 aliphatic rings. The fourth-order valence-electron chi connectivity index (χ4n) is 4.37. The number of halogens is 1. The highest BCUT2D eigenvalue weighted by molar-refractivity contribution is 9.11. The van der Waals surface area contributed by atoms with Gasteiger partial charge < -0.3 is 0 Å². The van der Waals surface area contributed by atoms with Crippen molar-refractivity contribution in [3.8, 4) is 0 Å². The number of sulfone groups is 1. The van der Waals surface area contributed by atoms with E-state index in [1.165, 1.54) is 11.1 Å². The molecule has 2 nitrogen and oxygen atoms in total. The molecule has 3 aromatic rings. The summed E-state index contributed by atoms with van der Waals surface area (Å²) in [7, 11) is -3.61. The van der Waals surface area contributed by atoms with Crippen LogP contribution in [0.3, 0.4) is 0 Å². The van der Waals surface area contributed by atoms with Crippen LogP contribution in [-0.4, -0.2) is 8.42 Å². The fourth-order valence-corrected chi connectivity index (χ4v) is 7.42. The van der Waals surface area contributed by atoms with E-state index >= 15 is 0 Å². The second kappa shape index (κ2) is 5.91. The molecule has 0 aliphatic heterocycles. The maximum absolute atomic E-state index is 13.6. The van der Waals surface area contributed by atoms with Crippen molar-refractivity contribution in [1.82, 2.24) is 0 Å². The molecule has 0 saturated heterocycles. The Labute approximate surface area is 167 Å². The molecule has 0 N–H and O–H groups in total. The molecule has 0 unspecified atom stereocenters. The highest BCUT2D eigenvalue weighted by Gasteiger charge is 2.46. The molecule has 3 aliphatic carbocycles. The molecule has 0 saturated carbocycles. The van der Waals surface area contributed by atoms with Gasteiger partial charge in [0.05, 0.1) is 9.80 Å². The Morgan fingerprint density at radius 3 is 1.63 bits per heavy atom. The van der Waals surface area contributed by atoms with E-state index in [4.69, 9.17) is 0 Å². The molecule has 0 aromatic heterocycles. The van der Waals surface area contributed by atoms with Gasteiger partial charge >= 0.3 is 0 Å². The lowest BCUT2D eigenvalue weighted by molar-refractivity contribution is 0.596. The molecular formula is C23H17BrO2S. The van der Waals surface area contributed by atoms with E-state index in [-0.39, 0.29) is 11.8 Å². The van der Waals surface area contributed by atoms with Gasteiger partial charge in [0.2, 0.25) is 9.84 Å². The zero-order valence-corrected chi connectivity index (χ0v) is 17.1. The summed E-state index contributed by atoms with van der Waals surface area (Å²) in [5.74, 6) is -0.347. The summed E-state index contributed by atoms with van der Waals surface area (Å²) in [6.45, 7) is 1.96. The van der Waals surface area contributed by atoms with Crippen molar-refractivity contribution >= 4 is 25.8 Å². The Hall–Kier alpha value is -2.17. The molecule has 0 fully saturated rings. The smallest absolute Gasteiger partial charge is 0.204 e. The lowest BCUT2D eigenvalue weighted by atomic mass is 9.68. The van der Waals surface area contributed by atoms with Crippen LogP contribution in [0.4, 0.5) is 0 Å². The van der Waals surface area contributed by atoms with Gasteiger partial charge in [-0.05, 0) is 41.3 Å². The Morgan fingerprint density at radius 2 is 1.15 bits per heavy atom. The molecule has 0 spiro atoms. The van der Waals surface area contributed by atoms with Crippen LogP contribution in [0.25, 0.3) is 0 Å². The van der Waals surface area contributed by atoms with E-state index in [2.05, 4.69) is 40.2 Å². The molecule has 3 aromatic carbocycles. The average molecular weight is 437 g/mol. The Kier molecular flexibility index (Phi) is 3.72. The van der Waals surface area contributed by atoms with E-state index in [1.807, 2.05) is 43.3 Å². The van der Waals surface area contributed by atoms with Gasteiger partial charge in [0.25, 0.3) is 0 Å². The number of aryl methyl sites for hydroxylation is 1. The third kappa shape index (κ3) is 2.33. The first-order chi connectivity index (χ1) is 13.0. The maximum atomic E-state index is 13.6. The number of allylic oxidation sites excluding steroid dienone is 2. The zero-order chi connectivity index (χ0) is 18.8. The molecule has 2 bridgehead atoms. The normalized spacial score (nSPS) is 20.4. The number of rotatable bonds is 2. The van der Waals surface area contributed by atoms with Crippen molar-refractivity contribution in [3.05, 3.63) is 110 Å². The van der Waals surface area contributed by atoms with Gasteiger partial charge in [0.15, 0.2) is 0 Å². The van der Waals surface area contributed by atoms with Crippen molar-refractivity contribution in [2.75, 3.05) is 0 Å².